The van der Waals surface area contributed by atoms with E-state index in [2.05, 4.69) is 31.9 Å². The van der Waals surface area contributed by atoms with Crippen molar-refractivity contribution in [2.24, 2.45) is 0 Å². The van der Waals surface area contributed by atoms with Gasteiger partial charge in [0.05, 0.1) is 6.33 Å². The van der Waals surface area contributed by atoms with E-state index in [4.69, 9.17) is 16.2 Å². The number of anilines is 4. The second-order valence-corrected chi connectivity index (χ2v) is 11.0. The highest BCUT2D eigenvalue weighted by molar-refractivity contribution is 7.92. The molecule has 8 N–H and O–H groups in total. The largest absolute Gasteiger partial charge is 0.398 e. The smallest absolute Gasteiger partial charge is 0.233 e. The molecule has 1 aliphatic heterocycles. The minimum atomic E-state index is -3.90. The first-order valence-corrected chi connectivity index (χ1v) is 14.1. The van der Waals surface area contributed by atoms with Crippen molar-refractivity contribution < 1.29 is 23.4 Å². The van der Waals surface area contributed by atoms with E-state index in [0.29, 0.717) is 11.3 Å². The molecule has 0 radical (unpaired) electrons. The van der Waals surface area contributed by atoms with Gasteiger partial charge in [0.25, 0.3) is 0 Å². The average Bonchev–Trinajstić information content (AvgIpc) is 3.48. The summed E-state index contributed by atoms with van der Waals surface area (Å²) < 4.78 is 34.7. The Hall–Kier alpha value is -4.08. The predicted molar refractivity (Wildman–Crippen MR) is 152 cm³/mol. The lowest BCUT2D eigenvalue weighted by molar-refractivity contribution is -0.0329. The van der Waals surface area contributed by atoms with Crippen molar-refractivity contribution in [2.75, 3.05) is 23.3 Å². The maximum absolute atomic E-state index is 12.5. The molecular weight excluding hydrogens is 536 g/mol. The Morgan fingerprint density at radius 1 is 1.07 bits per heavy atom. The lowest BCUT2D eigenvalue weighted by Gasteiger charge is -2.17. The van der Waals surface area contributed by atoms with E-state index in [1.165, 1.54) is 22.5 Å². The van der Waals surface area contributed by atoms with Crippen LogP contribution in [0.25, 0.3) is 17.2 Å². The van der Waals surface area contributed by atoms with Crippen LogP contribution in [0.15, 0.2) is 60.3 Å². The fourth-order valence-electron chi connectivity index (χ4n) is 4.33. The molecule has 2 aromatic heterocycles. The van der Waals surface area contributed by atoms with E-state index in [1.54, 1.807) is 24.3 Å². The van der Waals surface area contributed by atoms with Gasteiger partial charge in [0.15, 0.2) is 17.7 Å². The number of hydrogen-bond acceptors (Lipinski definition) is 11. The van der Waals surface area contributed by atoms with Crippen LogP contribution in [0.2, 0.25) is 0 Å². The summed E-state index contributed by atoms with van der Waals surface area (Å²) in [6, 6.07) is 14.6. The summed E-state index contributed by atoms with van der Waals surface area (Å²) in [6.07, 6.45) is -1.32. The molecule has 3 heterocycles. The normalized spacial score (nSPS) is 21.4. The number of aromatic nitrogens is 4. The number of rotatable bonds is 9. The van der Waals surface area contributed by atoms with Gasteiger partial charge in [-0.3, -0.25) is 4.57 Å². The number of hydrogen-bond donors (Lipinski definition) is 6. The van der Waals surface area contributed by atoms with E-state index in [1.807, 2.05) is 24.3 Å². The highest BCUT2D eigenvalue weighted by Crippen LogP contribution is 2.32. The molecule has 1 saturated heterocycles. The number of nitrogens with two attached hydrogens (primary N) is 2. The second kappa shape index (κ2) is 11.2. The van der Waals surface area contributed by atoms with Crippen molar-refractivity contribution in [3.63, 3.8) is 0 Å². The number of aliphatic hydroxyl groups is 2. The molecule has 40 heavy (non-hydrogen) atoms. The van der Waals surface area contributed by atoms with Gasteiger partial charge in [-0.05, 0) is 41.8 Å². The maximum atomic E-state index is 12.5. The Labute approximate surface area is 230 Å². The third-order valence-electron chi connectivity index (χ3n) is 6.59. The summed E-state index contributed by atoms with van der Waals surface area (Å²) in [4.78, 5) is 13.0. The Morgan fingerprint density at radius 2 is 1.82 bits per heavy atom. The fraction of sp³-hybridized carbons (Fsp3) is 0.269. The molecule has 0 amide bonds. The van der Waals surface area contributed by atoms with Gasteiger partial charge < -0.3 is 31.7 Å². The fourth-order valence-corrected chi connectivity index (χ4v) is 5.15. The third kappa shape index (κ3) is 5.76. The highest BCUT2D eigenvalue weighted by atomic mass is 32.2. The zero-order valence-electron chi connectivity index (χ0n) is 21.5. The Balaban J connectivity index is 1.31. The van der Waals surface area contributed by atoms with Crippen molar-refractivity contribution in [1.82, 2.24) is 24.2 Å². The van der Waals surface area contributed by atoms with Crippen LogP contribution in [0.4, 0.5) is 23.1 Å². The van der Waals surface area contributed by atoms with Crippen LogP contribution in [0.3, 0.4) is 0 Å². The Kier molecular flexibility index (Phi) is 7.69. The highest BCUT2D eigenvalue weighted by Gasteiger charge is 2.44. The molecule has 4 aromatic rings. The first-order chi connectivity index (χ1) is 19.1. The minimum absolute atomic E-state index is 0.111. The van der Waals surface area contributed by atoms with Crippen LogP contribution in [0.1, 0.15) is 24.3 Å². The van der Waals surface area contributed by atoms with Gasteiger partial charge in [-0.2, -0.15) is 9.97 Å². The summed E-state index contributed by atoms with van der Waals surface area (Å²) in [5.41, 5.74) is 15.4. The Bertz CT molecular complexity index is 1640. The molecule has 1 fully saturated rings. The number of fused-ring (bicyclic) bond motifs is 1. The van der Waals surface area contributed by atoms with Gasteiger partial charge in [0, 0.05) is 23.3 Å². The second-order valence-electron chi connectivity index (χ2n) is 9.30. The average molecular weight is 567 g/mol. The molecule has 4 atom stereocenters. The van der Waals surface area contributed by atoms with Crippen LogP contribution < -0.4 is 21.5 Å². The van der Waals surface area contributed by atoms with Crippen molar-refractivity contribution in [3.8, 4) is 0 Å². The summed E-state index contributed by atoms with van der Waals surface area (Å²) >= 11 is 0. The summed E-state index contributed by atoms with van der Waals surface area (Å²) in [7, 11) is -3.90. The number of para-hydroxylation sites is 1. The zero-order chi connectivity index (χ0) is 28.4. The standard InChI is InChI=1S/C26H30N8O5S/c1-2-15-7-9-17(10-8-15)31-26-32-23(28)20-24(33-26)34(14-29-20)25-22(36)21(35)19(39-25)13-30-40(37,38)12-11-16-5-3-4-6-18(16)27/h3-12,14,19,21-22,25,30,35-36H,2,13,27H2,1H3,(H3,28,31,32,33)/b12-11+/t19-,21-,22-,25-/m1/s1. The van der Waals surface area contributed by atoms with Crippen molar-refractivity contribution in [3.05, 3.63) is 71.4 Å². The molecule has 13 nitrogen and oxygen atoms in total. The SMILES string of the molecule is CCc1ccc(Nc2nc(N)c3ncn([C@@H]4O[C@H](CNS(=O)(=O)/C=C/c5ccccc5N)[C@@H](O)[C@H]4O)c3n2)cc1. The Morgan fingerprint density at radius 3 is 2.55 bits per heavy atom. The molecule has 5 rings (SSSR count). The molecule has 1 aliphatic rings. The van der Waals surface area contributed by atoms with Crippen LogP contribution in [-0.2, 0) is 21.2 Å². The number of imidazole rings is 1. The number of benzene rings is 2. The van der Waals surface area contributed by atoms with E-state index in [0.717, 1.165) is 17.5 Å². The summed E-state index contributed by atoms with van der Waals surface area (Å²) in [5.74, 6) is 0.318. The minimum Gasteiger partial charge on any atom is -0.398 e. The van der Waals surface area contributed by atoms with Gasteiger partial charge in [-0.15, -0.1) is 0 Å². The first-order valence-electron chi connectivity index (χ1n) is 12.5. The van der Waals surface area contributed by atoms with Crippen molar-refractivity contribution >= 4 is 50.4 Å². The quantitative estimate of drug-likeness (QED) is 0.160. The number of ether oxygens (including phenoxy) is 1. The molecule has 14 heteroatoms. The first kappa shape index (κ1) is 27.5. The number of nitrogens with zero attached hydrogens (tertiary/aromatic N) is 4. The molecule has 210 valence electrons. The summed E-state index contributed by atoms with van der Waals surface area (Å²) in [6.45, 7) is 1.77. The molecule has 0 unspecified atom stereocenters. The number of nitrogens with one attached hydrogen (secondary N) is 2. The molecule has 0 bridgehead atoms. The molecule has 2 aromatic carbocycles. The van der Waals surface area contributed by atoms with Gasteiger partial charge >= 0.3 is 0 Å². The number of aryl methyl sites for hydroxylation is 1. The molecule has 0 aliphatic carbocycles. The third-order valence-corrected chi connectivity index (χ3v) is 7.65. The van der Waals surface area contributed by atoms with E-state index in [-0.39, 0.29) is 29.5 Å². The molecular formula is C26H30N8O5S. The number of nitrogen functional groups attached to an aromatic ring is 2. The molecule has 0 saturated carbocycles. The molecule has 0 spiro atoms. The van der Waals surface area contributed by atoms with E-state index >= 15 is 0 Å². The lowest BCUT2D eigenvalue weighted by atomic mass is 10.1. The van der Waals surface area contributed by atoms with Gasteiger partial charge in [0.2, 0.25) is 16.0 Å². The van der Waals surface area contributed by atoms with E-state index < -0.39 is 34.6 Å². The van der Waals surface area contributed by atoms with Gasteiger partial charge in [-0.25, -0.2) is 18.1 Å². The summed E-state index contributed by atoms with van der Waals surface area (Å²) in [5, 5.41) is 25.5. The van der Waals surface area contributed by atoms with Crippen LogP contribution in [0, 0.1) is 0 Å². The van der Waals surface area contributed by atoms with Crippen LogP contribution >= 0.6 is 0 Å². The number of aliphatic hydroxyl groups excluding tert-OH is 2. The van der Waals surface area contributed by atoms with Gasteiger partial charge in [-0.1, -0.05) is 37.3 Å². The monoisotopic (exact) mass is 566 g/mol. The lowest BCUT2D eigenvalue weighted by Crippen LogP contribution is -2.39. The zero-order valence-corrected chi connectivity index (χ0v) is 22.4. The van der Waals surface area contributed by atoms with Crippen LogP contribution in [-0.4, -0.2) is 63.0 Å². The van der Waals surface area contributed by atoms with E-state index in [9.17, 15) is 18.6 Å². The van der Waals surface area contributed by atoms with Gasteiger partial charge in [0.1, 0.15) is 23.8 Å². The maximum Gasteiger partial charge on any atom is 0.233 e. The predicted octanol–water partition coefficient (Wildman–Crippen LogP) is 1.51. The van der Waals surface area contributed by atoms with Crippen molar-refractivity contribution in [1.29, 1.82) is 0 Å². The van der Waals surface area contributed by atoms with Crippen LogP contribution in [0.5, 0.6) is 0 Å². The number of sulfonamides is 1. The topological polar surface area (TPSA) is 204 Å². The van der Waals surface area contributed by atoms with Crippen molar-refractivity contribution in [2.45, 2.75) is 37.9 Å².